The minimum atomic E-state index is -0.161. The Bertz CT molecular complexity index is 1410. The summed E-state index contributed by atoms with van der Waals surface area (Å²) in [5.74, 6) is 0.492. The summed E-state index contributed by atoms with van der Waals surface area (Å²) in [6.45, 7) is 2.03. The number of fused-ring (bicyclic) bond motifs is 2. The highest BCUT2D eigenvalue weighted by Gasteiger charge is 2.18. The first kappa shape index (κ1) is 16.6. The van der Waals surface area contributed by atoms with Crippen molar-refractivity contribution in [1.82, 2.24) is 14.6 Å². The number of aromatic nitrogens is 3. The van der Waals surface area contributed by atoms with Crippen molar-refractivity contribution in [3.05, 3.63) is 79.6 Å². The van der Waals surface area contributed by atoms with Crippen LogP contribution in [0.5, 0.6) is 0 Å². The smallest absolute Gasteiger partial charge is 0.266 e. The standard InChI is InChI=1S/C20H12ClN3OS2/c1-11-6-8-12(9-7-11)10-15-19(25)24-20(27-15)22-18(23-24)17-16(21)13-4-2-3-5-14(13)26-17/h2-10H,1H3/b15-10+. The Labute approximate surface area is 167 Å². The monoisotopic (exact) mass is 409 g/mol. The minimum absolute atomic E-state index is 0.161. The third-order valence-electron chi connectivity index (χ3n) is 4.29. The van der Waals surface area contributed by atoms with Gasteiger partial charge in [0.15, 0.2) is 5.82 Å². The van der Waals surface area contributed by atoms with Gasteiger partial charge in [-0.3, -0.25) is 4.79 Å². The third-order valence-corrected chi connectivity index (χ3v) is 6.93. The topological polar surface area (TPSA) is 47.3 Å². The molecule has 0 unspecified atom stereocenters. The van der Waals surface area contributed by atoms with Crippen molar-refractivity contribution >= 4 is 55.4 Å². The predicted octanol–water partition coefficient (Wildman–Crippen LogP) is 4.54. The Morgan fingerprint density at radius 3 is 2.59 bits per heavy atom. The maximum Gasteiger partial charge on any atom is 0.291 e. The molecule has 0 saturated carbocycles. The van der Waals surface area contributed by atoms with E-state index in [1.807, 2.05) is 61.5 Å². The Balaban J connectivity index is 1.64. The molecule has 0 spiro atoms. The Kier molecular flexibility index (Phi) is 3.86. The summed E-state index contributed by atoms with van der Waals surface area (Å²) in [5, 5.41) is 6.04. The van der Waals surface area contributed by atoms with Crippen LogP contribution in [0.2, 0.25) is 5.02 Å². The summed E-state index contributed by atoms with van der Waals surface area (Å²) in [4.78, 5) is 18.6. The lowest BCUT2D eigenvalue weighted by atomic mass is 10.1. The van der Waals surface area contributed by atoms with Crippen molar-refractivity contribution in [3.8, 4) is 10.7 Å². The van der Waals surface area contributed by atoms with Crippen LogP contribution in [-0.2, 0) is 0 Å². The molecule has 0 bridgehead atoms. The zero-order valence-corrected chi connectivity index (χ0v) is 16.5. The van der Waals surface area contributed by atoms with Crippen molar-refractivity contribution in [3.63, 3.8) is 0 Å². The fourth-order valence-corrected chi connectivity index (χ4v) is 5.25. The molecule has 27 heavy (non-hydrogen) atoms. The average Bonchev–Trinajstić information content (AvgIpc) is 3.31. The highest BCUT2D eigenvalue weighted by atomic mass is 35.5. The Hall–Kier alpha value is -2.54. The Morgan fingerprint density at radius 1 is 1.07 bits per heavy atom. The molecule has 2 aromatic carbocycles. The maximum atomic E-state index is 12.7. The first-order chi connectivity index (χ1) is 13.1. The number of halogens is 1. The van der Waals surface area contributed by atoms with Crippen LogP contribution in [0.15, 0.2) is 53.3 Å². The lowest BCUT2D eigenvalue weighted by Gasteiger charge is -1.92. The van der Waals surface area contributed by atoms with Gasteiger partial charge in [-0.15, -0.1) is 16.4 Å². The van der Waals surface area contributed by atoms with E-state index in [2.05, 4.69) is 10.1 Å². The molecule has 132 valence electrons. The number of rotatable bonds is 2. The van der Waals surface area contributed by atoms with E-state index in [1.54, 1.807) is 0 Å². The Morgan fingerprint density at radius 2 is 1.85 bits per heavy atom. The molecule has 0 amide bonds. The van der Waals surface area contributed by atoms with Crippen molar-refractivity contribution in [1.29, 1.82) is 0 Å². The van der Waals surface area contributed by atoms with E-state index in [0.717, 1.165) is 20.5 Å². The molecular formula is C20H12ClN3OS2. The van der Waals surface area contributed by atoms with Crippen LogP contribution in [-0.4, -0.2) is 14.6 Å². The molecule has 0 radical (unpaired) electrons. The summed E-state index contributed by atoms with van der Waals surface area (Å²) in [6.07, 6.45) is 1.87. The fraction of sp³-hybridized carbons (Fsp3) is 0.0500. The van der Waals surface area contributed by atoms with Crippen molar-refractivity contribution in [2.45, 2.75) is 6.92 Å². The lowest BCUT2D eigenvalue weighted by Crippen LogP contribution is -2.23. The van der Waals surface area contributed by atoms with Gasteiger partial charge in [0.25, 0.3) is 5.56 Å². The van der Waals surface area contributed by atoms with Crippen molar-refractivity contribution in [2.24, 2.45) is 0 Å². The van der Waals surface area contributed by atoms with Crippen molar-refractivity contribution in [2.75, 3.05) is 0 Å². The molecule has 3 heterocycles. The molecule has 5 aromatic rings. The normalized spacial score (nSPS) is 12.4. The second-order valence-corrected chi connectivity index (χ2v) is 8.64. The van der Waals surface area contributed by atoms with Crippen LogP contribution >= 0.6 is 34.3 Å². The minimum Gasteiger partial charge on any atom is -0.266 e. The SMILES string of the molecule is Cc1ccc(/C=c2/sc3nc(-c4sc5ccccc5c4Cl)nn3c2=O)cc1. The number of hydrogen-bond acceptors (Lipinski definition) is 5. The van der Waals surface area contributed by atoms with E-state index in [0.29, 0.717) is 20.3 Å². The van der Waals surface area contributed by atoms with Crippen LogP contribution < -0.4 is 10.1 Å². The molecule has 7 heteroatoms. The second-order valence-electron chi connectivity index (χ2n) is 6.20. The van der Waals surface area contributed by atoms with Gasteiger partial charge in [0, 0.05) is 10.1 Å². The molecule has 0 aliphatic rings. The molecule has 0 fully saturated rings. The number of thiazole rings is 1. The second kappa shape index (κ2) is 6.27. The van der Waals surface area contributed by atoms with Gasteiger partial charge in [0.2, 0.25) is 4.96 Å². The largest absolute Gasteiger partial charge is 0.291 e. The molecule has 3 aromatic heterocycles. The van der Waals surface area contributed by atoms with Gasteiger partial charge < -0.3 is 0 Å². The summed E-state index contributed by atoms with van der Waals surface area (Å²) < 4.78 is 3.05. The van der Waals surface area contributed by atoms with E-state index < -0.39 is 0 Å². The van der Waals surface area contributed by atoms with Crippen LogP contribution in [0.1, 0.15) is 11.1 Å². The summed E-state index contributed by atoms with van der Waals surface area (Å²) in [5.41, 5.74) is 2.00. The molecule has 4 nitrogen and oxygen atoms in total. The predicted molar refractivity (Wildman–Crippen MR) is 113 cm³/mol. The van der Waals surface area contributed by atoms with E-state index in [1.165, 1.54) is 32.8 Å². The van der Waals surface area contributed by atoms with Gasteiger partial charge in [0.05, 0.1) is 14.4 Å². The molecule has 0 aliphatic heterocycles. The van der Waals surface area contributed by atoms with Gasteiger partial charge in [0.1, 0.15) is 0 Å². The summed E-state index contributed by atoms with van der Waals surface area (Å²) >= 11 is 9.39. The van der Waals surface area contributed by atoms with Gasteiger partial charge >= 0.3 is 0 Å². The molecular weight excluding hydrogens is 398 g/mol. The highest BCUT2D eigenvalue weighted by Crippen LogP contribution is 2.40. The first-order valence-corrected chi connectivity index (χ1v) is 10.3. The third kappa shape index (κ3) is 2.77. The summed E-state index contributed by atoms with van der Waals surface area (Å²) in [6, 6.07) is 15.9. The molecule has 0 saturated heterocycles. The van der Waals surface area contributed by atoms with E-state index >= 15 is 0 Å². The molecule has 0 N–H and O–H groups in total. The quantitative estimate of drug-likeness (QED) is 0.430. The van der Waals surface area contributed by atoms with Crippen LogP contribution in [0.4, 0.5) is 0 Å². The van der Waals surface area contributed by atoms with E-state index in [-0.39, 0.29) is 5.56 Å². The first-order valence-electron chi connectivity index (χ1n) is 8.25. The molecule has 0 atom stereocenters. The highest BCUT2D eigenvalue weighted by molar-refractivity contribution is 7.23. The van der Waals surface area contributed by atoms with Gasteiger partial charge in [-0.05, 0) is 24.6 Å². The maximum absolute atomic E-state index is 12.7. The zero-order valence-electron chi connectivity index (χ0n) is 14.1. The van der Waals surface area contributed by atoms with E-state index in [4.69, 9.17) is 11.6 Å². The average molecular weight is 410 g/mol. The van der Waals surface area contributed by atoms with Crippen molar-refractivity contribution < 1.29 is 0 Å². The number of benzene rings is 2. The van der Waals surface area contributed by atoms with Gasteiger partial charge in [-0.2, -0.15) is 9.50 Å². The number of thiophene rings is 1. The van der Waals surface area contributed by atoms with Crippen LogP contribution in [0, 0.1) is 6.92 Å². The zero-order chi connectivity index (χ0) is 18.5. The van der Waals surface area contributed by atoms with E-state index in [9.17, 15) is 4.79 Å². The number of hydrogen-bond donors (Lipinski definition) is 0. The van der Waals surface area contributed by atoms with Crippen LogP contribution in [0.25, 0.3) is 31.8 Å². The molecule has 5 rings (SSSR count). The summed E-state index contributed by atoms with van der Waals surface area (Å²) in [7, 11) is 0. The van der Waals surface area contributed by atoms with Crippen LogP contribution in [0.3, 0.4) is 0 Å². The van der Waals surface area contributed by atoms with Gasteiger partial charge in [-0.1, -0.05) is 71.0 Å². The molecule has 0 aliphatic carbocycles. The lowest BCUT2D eigenvalue weighted by molar-refractivity contribution is 0.938. The number of nitrogens with zero attached hydrogens (tertiary/aromatic N) is 3. The number of aryl methyl sites for hydroxylation is 1. The van der Waals surface area contributed by atoms with Gasteiger partial charge in [-0.25, -0.2) is 0 Å². The fourth-order valence-electron chi connectivity index (χ4n) is 2.90.